The Kier molecular flexibility index (Phi) is 4.12. The van der Waals surface area contributed by atoms with Gasteiger partial charge in [0.15, 0.2) is 0 Å². The Labute approximate surface area is 107 Å². The molecule has 0 aliphatic heterocycles. The number of Topliss-reactive ketones (excluding diaryl/α,β-unsaturated/α-hetero) is 1. The van der Waals surface area contributed by atoms with Crippen LogP contribution in [0.5, 0.6) is 0 Å². The van der Waals surface area contributed by atoms with E-state index in [2.05, 4.69) is 20.6 Å². The van der Waals surface area contributed by atoms with Crippen molar-refractivity contribution in [3.05, 3.63) is 11.9 Å². The largest absolute Gasteiger partial charge is 0.370 e. The lowest BCUT2D eigenvalue weighted by atomic mass is 9.85. The molecule has 1 aromatic heterocycles. The second kappa shape index (κ2) is 5.80. The van der Waals surface area contributed by atoms with E-state index in [0.717, 1.165) is 18.3 Å². The molecule has 5 heteroatoms. The number of nitrogens with one attached hydrogen (secondary N) is 2. The highest BCUT2D eigenvalue weighted by molar-refractivity contribution is 5.80. The van der Waals surface area contributed by atoms with E-state index in [1.165, 1.54) is 19.3 Å². The van der Waals surface area contributed by atoms with Crippen LogP contribution in [0.15, 0.2) is 6.07 Å². The van der Waals surface area contributed by atoms with E-state index in [1.54, 1.807) is 6.92 Å². The maximum absolute atomic E-state index is 10.9. The van der Waals surface area contributed by atoms with Gasteiger partial charge in [-0.2, -0.15) is 0 Å². The number of nitrogens with zero attached hydrogens (tertiary/aromatic N) is 2. The zero-order valence-electron chi connectivity index (χ0n) is 11.0. The van der Waals surface area contributed by atoms with Crippen LogP contribution in [0.1, 0.15) is 32.0 Å². The van der Waals surface area contributed by atoms with Gasteiger partial charge >= 0.3 is 0 Å². The van der Waals surface area contributed by atoms with Crippen LogP contribution in [0.25, 0.3) is 0 Å². The summed E-state index contributed by atoms with van der Waals surface area (Å²) in [5.41, 5.74) is 0. The third-order valence-corrected chi connectivity index (χ3v) is 3.15. The number of carbonyl (C=O) groups is 1. The minimum absolute atomic E-state index is 0.0928. The van der Waals surface area contributed by atoms with Gasteiger partial charge in [0, 0.05) is 12.6 Å². The molecule has 0 spiro atoms. The Morgan fingerprint density at radius 1 is 1.33 bits per heavy atom. The molecule has 0 bridgehead atoms. The molecular weight excluding hydrogens is 228 g/mol. The second-order valence-electron chi connectivity index (χ2n) is 4.92. The van der Waals surface area contributed by atoms with Crippen molar-refractivity contribution < 1.29 is 4.79 Å². The fourth-order valence-corrected chi connectivity index (χ4v) is 1.91. The Morgan fingerprint density at radius 3 is 2.56 bits per heavy atom. The summed E-state index contributed by atoms with van der Waals surface area (Å²) in [6, 6.07) is 1.86. The van der Waals surface area contributed by atoms with Crippen LogP contribution in [-0.2, 0) is 4.79 Å². The molecule has 0 radical (unpaired) electrons. The van der Waals surface area contributed by atoms with E-state index in [1.807, 2.05) is 13.0 Å². The van der Waals surface area contributed by atoms with Gasteiger partial charge in [0.1, 0.15) is 23.2 Å². The van der Waals surface area contributed by atoms with E-state index < -0.39 is 0 Å². The van der Waals surface area contributed by atoms with E-state index in [0.29, 0.717) is 18.2 Å². The molecular formula is C13H20N4O. The van der Waals surface area contributed by atoms with Crippen molar-refractivity contribution in [2.45, 2.75) is 33.1 Å². The summed E-state index contributed by atoms with van der Waals surface area (Å²) < 4.78 is 0. The third-order valence-electron chi connectivity index (χ3n) is 3.15. The molecule has 1 saturated carbocycles. The first-order valence-corrected chi connectivity index (χ1v) is 6.46. The molecule has 0 amide bonds. The average Bonchev–Trinajstić information content (AvgIpc) is 2.23. The van der Waals surface area contributed by atoms with E-state index >= 15 is 0 Å². The Morgan fingerprint density at radius 2 is 2.00 bits per heavy atom. The topological polar surface area (TPSA) is 66.9 Å². The number of anilines is 2. The van der Waals surface area contributed by atoms with Crippen molar-refractivity contribution in [3.63, 3.8) is 0 Å². The van der Waals surface area contributed by atoms with E-state index in [-0.39, 0.29) is 5.78 Å². The van der Waals surface area contributed by atoms with Crippen LogP contribution in [0.2, 0.25) is 0 Å². The Hall–Kier alpha value is -1.65. The summed E-state index contributed by atoms with van der Waals surface area (Å²) in [5.74, 6) is 3.12. The summed E-state index contributed by atoms with van der Waals surface area (Å²) in [6.07, 6.45) is 3.97. The van der Waals surface area contributed by atoms with Gasteiger partial charge in [0.05, 0.1) is 6.54 Å². The molecule has 0 atom stereocenters. The lowest BCUT2D eigenvalue weighted by Gasteiger charge is -2.25. The van der Waals surface area contributed by atoms with Crippen molar-refractivity contribution in [3.8, 4) is 0 Å². The minimum Gasteiger partial charge on any atom is -0.370 e. The third kappa shape index (κ3) is 3.68. The number of aryl methyl sites for hydroxylation is 1. The molecule has 1 fully saturated rings. The van der Waals surface area contributed by atoms with Crippen LogP contribution in [-0.4, -0.2) is 28.8 Å². The normalized spacial score (nSPS) is 15.0. The lowest BCUT2D eigenvalue weighted by molar-refractivity contribution is -0.115. The Bertz CT molecular complexity index is 429. The highest BCUT2D eigenvalue weighted by atomic mass is 16.1. The number of aromatic nitrogens is 2. The number of carbonyl (C=O) groups excluding carboxylic acids is 1. The van der Waals surface area contributed by atoms with Crippen molar-refractivity contribution >= 4 is 17.4 Å². The molecule has 0 unspecified atom stereocenters. The van der Waals surface area contributed by atoms with Crippen LogP contribution < -0.4 is 10.6 Å². The molecule has 98 valence electrons. The molecule has 1 heterocycles. The number of hydrogen-bond donors (Lipinski definition) is 2. The highest BCUT2D eigenvalue weighted by Gasteiger charge is 2.17. The fraction of sp³-hybridized carbons (Fsp3) is 0.615. The van der Waals surface area contributed by atoms with Crippen LogP contribution in [0, 0.1) is 12.8 Å². The molecule has 2 rings (SSSR count). The number of hydrogen-bond acceptors (Lipinski definition) is 5. The van der Waals surface area contributed by atoms with Gasteiger partial charge in [-0.05, 0) is 32.6 Å². The van der Waals surface area contributed by atoms with E-state index in [9.17, 15) is 4.79 Å². The van der Waals surface area contributed by atoms with Crippen molar-refractivity contribution in [2.24, 2.45) is 5.92 Å². The second-order valence-corrected chi connectivity index (χ2v) is 4.92. The predicted octanol–water partition coefficient (Wildman–Crippen LogP) is 2.00. The number of ketones is 1. The van der Waals surface area contributed by atoms with Gasteiger partial charge in [0.25, 0.3) is 0 Å². The molecule has 0 aromatic carbocycles. The molecule has 5 nitrogen and oxygen atoms in total. The van der Waals surface area contributed by atoms with E-state index in [4.69, 9.17) is 0 Å². The first kappa shape index (κ1) is 12.8. The summed E-state index contributed by atoms with van der Waals surface area (Å²) >= 11 is 0. The summed E-state index contributed by atoms with van der Waals surface area (Å²) in [7, 11) is 0. The molecule has 2 N–H and O–H groups in total. The SMILES string of the molecule is CC(=O)CNc1cc(NCC2CCC2)nc(C)n1. The van der Waals surface area contributed by atoms with Crippen molar-refractivity contribution in [2.75, 3.05) is 23.7 Å². The van der Waals surface area contributed by atoms with Crippen LogP contribution >= 0.6 is 0 Å². The highest BCUT2D eigenvalue weighted by Crippen LogP contribution is 2.26. The van der Waals surface area contributed by atoms with Gasteiger partial charge in [0.2, 0.25) is 0 Å². The van der Waals surface area contributed by atoms with Crippen molar-refractivity contribution in [1.29, 1.82) is 0 Å². The summed E-state index contributed by atoms with van der Waals surface area (Å²) in [4.78, 5) is 19.5. The first-order valence-electron chi connectivity index (χ1n) is 6.46. The lowest BCUT2D eigenvalue weighted by Crippen LogP contribution is -2.21. The summed E-state index contributed by atoms with van der Waals surface area (Å²) in [5, 5.41) is 6.34. The zero-order valence-corrected chi connectivity index (χ0v) is 11.0. The van der Waals surface area contributed by atoms with Gasteiger partial charge in [-0.25, -0.2) is 9.97 Å². The number of rotatable bonds is 6. The molecule has 0 saturated heterocycles. The van der Waals surface area contributed by atoms with Gasteiger partial charge in [-0.1, -0.05) is 6.42 Å². The standard InChI is InChI=1S/C13H20N4O/c1-9(18)7-14-12-6-13(17-10(2)16-12)15-8-11-4-3-5-11/h6,11H,3-5,7-8H2,1-2H3,(H2,14,15,16,17). The van der Waals surface area contributed by atoms with Gasteiger partial charge in [-0.3, -0.25) is 4.79 Å². The zero-order chi connectivity index (χ0) is 13.0. The summed E-state index contributed by atoms with van der Waals surface area (Å²) in [6.45, 7) is 4.69. The molecule has 1 aromatic rings. The average molecular weight is 248 g/mol. The van der Waals surface area contributed by atoms with Gasteiger partial charge < -0.3 is 10.6 Å². The first-order chi connectivity index (χ1) is 8.63. The monoisotopic (exact) mass is 248 g/mol. The molecule has 1 aliphatic carbocycles. The Balaban J connectivity index is 1.93. The quantitative estimate of drug-likeness (QED) is 0.806. The predicted molar refractivity (Wildman–Crippen MR) is 71.8 cm³/mol. The molecule has 1 aliphatic rings. The van der Waals surface area contributed by atoms with Gasteiger partial charge in [-0.15, -0.1) is 0 Å². The smallest absolute Gasteiger partial charge is 0.148 e. The van der Waals surface area contributed by atoms with Crippen LogP contribution in [0.3, 0.4) is 0 Å². The maximum atomic E-state index is 10.9. The molecule has 18 heavy (non-hydrogen) atoms. The minimum atomic E-state index is 0.0928. The van der Waals surface area contributed by atoms with Crippen LogP contribution in [0.4, 0.5) is 11.6 Å². The maximum Gasteiger partial charge on any atom is 0.148 e. The fourth-order valence-electron chi connectivity index (χ4n) is 1.91. The van der Waals surface area contributed by atoms with Crippen molar-refractivity contribution in [1.82, 2.24) is 9.97 Å².